The predicted molar refractivity (Wildman–Crippen MR) is 66.0 cm³/mol. The smallest absolute Gasteiger partial charge is 0.140 e. The molecule has 0 aliphatic rings. The van der Waals surface area contributed by atoms with Crippen LogP contribution in [0.1, 0.15) is 6.92 Å². The lowest BCUT2D eigenvalue weighted by molar-refractivity contribution is 0.752. The highest BCUT2D eigenvalue weighted by Crippen LogP contribution is 2.26. The highest BCUT2D eigenvalue weighted by molar-refractivity contribution is 7.16. The Morgan fingerprint density at radius 1 is 1.53 bits per heavy atom. The van der Waals surface area contributed by atoms with E-state index < -0.39 is 0 Å². The number of hydrogen-bond acceptors (Lipinski definition) is 4. The fourth-order valence-electron chi connectivity index (χ4n) is 1.37. The van der Waals surface area contributed by atoms with Gasteiger partial charge in [0.1, 0.15) is 17.0 Å². The van der Waals surface area contributed by atoms with E-state index >= 15 is 0 Å². The largest absolute Gasteiger partial charge is 0.355 e. The normalized spacial score (nSPS) is 13.0. The van der Waals surface area contributed by atoms with Crippen LogP contribution < -0.4 is 4.90 Å². The molecule has 0 radical (unpaired) electrons. The van der Waals surface area contributed by atoms with Crippen molar-refractivity contribution in [2.45, 2.75) is 13.0 Å². The fourth-order valence-corrected chi connectivity index (χ4v) is 2.30. The highest BCUT2D eigenvalue weighted by Gasteiger charge is 2.13. The van der Waals surface area contributed by atoms with Crippen molar-refractivity contribution in [3.8, 4) is 0 Å². The molecule has 15 heavy (non-hydrogen) atoms. The van der Waals surface area contributed by atoms with E-state index in [9.17, 15) is 0 Å². The maximum absolute atomic E-state index is 5.84. The molecule has 2 rings (SSSR count). The van der Waals surface area contributed by atoms with Crippen LogP contribution in [0.2, 0.25) is 0 Å². The van der Waals surface area contributed by atoms with Gasteiger partial charge in [0.2, 0.25) is 0 Å². The summed E-state index contributed by atoms with van der Waals surface area (Å²) in [6, 6.07) is 2.32. The van der Waals surface area contributed by atoms with Crippen LogP contribution in [0.25, 0.3) is 10.2 Å². The van der Waals surface area contributed by atoms with E-state index in [1.54, 1.807) is 17.7 Å². The Labute approximate surface area is 97.7 Å². The standard InChI is InChI=1S/C10H12ClN3S/c1-7(5-11)14(2)9-8-3-4-15-10(8)13-6-12-9/h3-4,6-7H,5H2,1-2H3. The number of aromatic nitrogens is 2. The molecule has 3 nitrogen and oxygen atoms in total. The van der Waals surface area contributed by atoms with Crippen LogP contribution in [0.5, 0.6) is 0 Å². The molecule has 0 spiro atoms. The van der Waals surface area contributed by atoms with Gasteiger partial charge >= 0.3 is 0 Å². The minimum absolute atomic E-state index is 0.268. The van der Waals surface area contributed by atoms with Gasteiger partial charge in [0.05, 0.1) is 5.39 Å². The van der Waals surface area contributed by atoms with Gasteiger partial charge in [-0.05, 0) is 18.4 Å². The number of halogens is 1. The van der Waals surface area contributed by atoms with Gasteiger partial charge < -0.3 is 4.90 Å². The first kappa shape index (κ1) is 10.6. The van der Waals surface area contributed by atoms with Crippen molar-refractivity contribution in [3.05, 3.63) is 17.8 Å². The van der Waals surface area contributed by atoms with E-state index in [-0.39, 0.29) is 6.04 Å². The molecule has 0 saturated heterocycles. The molecule has 1 unspecified atom stereocenters. The third-order valence-electron chi connectivity index (χ3n) is 2.46. The second-order valence-corrected chi connectivity index (χ2v) is 4.65. The summed E-state index contributed by atoms with van der Waals surface area (Å²) in [5.41, 5.74) is 0. The summed E-state index contributed by atoms with van der Waals surface area (Å²) in [5, 5.41) is 3.13. The monoisotopic (exact) mass is 241 g/mol. The van der Waals surface area contributed by atoms with E-state index in [2.05, 4.69) is 21.8 Å². The lowest BCUT2D eigenvalue weighted by Gasteiger charge is -2.24. The van der Waals surface area contributed by atoms with Crippen LogP contribution in [0.3, 0.4) is 0 Å². The Kier molecular flexibility index (Phi) is 3.07. The molecule has 2 heterocycles. The molecular weight excluding hydrogens is 230 g/mol. The summed E-state index contributed by atoms with van der Waals surface area (Å²) in [6.07, 6.45) is 1.60. The van der Waals surface area contributed by atoms with E-state index in [4.69, 9.17) is 11.6 Å². The van der Waals surface area contributed by atoms with Gasteiger partial charge in [-0.2, -0.15) is 0 Å². The number of nitrogens with zero attached hydrogens (tertiary/aromatic N) is 3. The Morgan fingerprint density at radius 3 is 3.07 bits per heavy atom. The quantitative estimate of drug-likeness (QED) is 0.774. The maximum Gasteiger partial charge on any atom is 0.140 e. The van der Waals surface area contributed by atoms with Crippen LogP contribution in [0.4, 0.5) is 5.82 Å². The molecule has 0 amide bonds. The molecule has 0 aliphatic carbocycles. The topological polar surface area (TPSA) is 29.0 Å². The Hall–Kier alpha value is -0.870. The molecule has 0 bridgehead atoms. The molecule has 0 saturated carbocycles. The van der Waals surface area contributed by atoms with Crippen LogP contribution in [0, 0.1) is 0 Å². The number of alkyl halides is 1. The number of anilines is 1. The first-order valence-electron chi connectivity index (χ1n) is 4.71. The van der Waals surface area contributed by atoms with Crippen LogP contribution >= 0.6 is 22.9 Å². The van der Waals surface area contributed by atoms with E-state index in [1.807, 2.05) is 18.5 Å². The average Bonchev–Trinajstić information content (AvgIpc) is 2.74. The molecule has 5 heteroatoms. The molecule has 0 aliphatic heterocycles. The van der Waals surface area contributed by atoms with Crippen molar-refractivity contribution in [2.24, 2.45) is 0 Å². The van der Waals surface area contributed by atoms with E-state index in [0.717, 1.165) is 16.0 Å². The summed E-state index contributed by atoms with van der Waals surface area (Å²) in [4.78, 5) is 11.6. The third-order valence-corrected chi connectivity index (χ3v) is 3.73. The van der Waals surface area contributed by atoms with Crippen molar-refractivity contribution < 1.29 is 0 Å². The average molecular weight is 242 g/mol. The number of hydrogen-bond donors (Lipinski definition) is 0. The lowest BCUT2D eigenvalue weighted by atomic mass is 10.3. The molecule has 0 fully saturated rings. The number of fused-ring (bicyclic) bond motifs is 1. The number of rotatable bonds is 3. The van der Waals surface area contributed by atoms with Gasteiger partial charge in [-0.1, -0.05) is 0 Å². The zero-order valence-electron chi connectivity index (χ0n) is 8.64. The molecule has 2 aromatic rings. The van der Waals surface area contributed by atoms with Gasteiger partial charge in [0.15, 0.2) is 0 Å². The van der Waals surface area contributed by atoms with E-state index in [1.165, 1.54) is 0 Å². The molecule has 0 aromatic carbocycles. The maximum atomic E-state index is 5.84. The second-order valence-electron chi connectivity index (χ2n) is 3.45. The Morgan fingerprint density at radius 2 is 2.33 bits per heavy atom. The highest BCUT2D eigenvalue weighted by atomic mass is 35.5. The lowest BCUT2D eigenvalue weighted by Crippen LogP contribution is -2.31. The van der Waals surface area contributed by atoms with Gasteiger partial charge in [0, 0.05) is 19.0 Å². The van der Waals surface area contributed by atoms with Crippen molar-refractivity contribution in [1.82, 2.24) is 9.97 Å². The first-order chi connectivity index (χ1) is 7.24. The van der Waals surface area contributed by atoms with Gasteiger partial charge in [-0.25, -0.2) is 9.97 Å². The van der Waals surface area contributed by atoms with Gasteiger partial charge in [-0.3, -0.25) is 0 Å². The SMILES string of the molecule is CC(CCl)N(C)c1ncnc2sccc12. The minimum atomic E-state index is 0.268. The van der Waals surface area contributed by atoms with Crippen molar-refractivity contribution >= 4 is 39.0 Å². The predicted octanol–water partition coefficient (Wildman–Crippen LogP) is 2.75. The molecule has 0 N–H and O–H groups in total. The summed E-state index contributed by atoms with van der Waals surface area (Å²) in [7, 11) is 2.01. The molecular formula is C10H12ClN3S. The summed E-state index contributed by atoms with van der Waals surface area (Å²) >= 11 is 7.47. The van der Waals surface area contributed by atoms with Gasteiger partial charge in [0.25, 0.3) is 0 Å². The molecule has 1 atom stereocenters. The van der Waals surface area contributed by atoms with Crippen molar-refractivity contribution in [1.29, 1.82) is 0 Å². The van der Waals surface area contributed by atoms with Crippen LogP contribution in [-0.4, -0.2) is 28.9 Å². The molecule has 2 aromatic heterocycles. The third kappa shape index (κ3) is 1.92. The summed E-state index contributed by atoms with van der Waals surface area (Å²) in [6.45, 7) is 2.08. The number of thiophene rings is 1. The van der Waals surface area contributed by atoms with Gasteiger partial charge in [-0.15, -0.1) is 22.9 Å². The summed E-state index contributed by atoms with van der Waals surface area (Å²) < 4.78 is 0. The Bertz CT molecular complexity index is 457. The van der Waals surface area contributed by atoms with Crippen LogP contribution in [0.15, 0.2) is 17.8 Å². The zero-order chi connectivity index (χ0) is 10.8. The van der Waals surface area contributed by atoms with E-state index in [0.29, 0.717) is 5.88 Å². The Balaban J connectivity index is 2.46. The summed E-state index contributed by atoms with van der Waals surface area (Å²) in [5.74, 6) is 1.54. The second kappa shape index (κ2) is 4.33. The molecule has 80 valence electrons. The van der Waals surface area contributed by atoms with Crippen LogP contribution in [-0.2, 0) is 0 Å². The van der Waals surface area contributed by atoms with Crippen molar-refractivity contribution in [2.75, 3.05) is 17.8 Å². The van der Waals surface area contributed by atoms with Crippen molar-refractivity contribution in [3.63, 3.8) is 0 Å². The zero-order valence-corrected chi connectivity index (χ0v) is 10.2. The fraction of sp³-hybridized carbons (Fsp3) is 0.400. The first-order valence-corrected chi connectivity index (χ1v) is 6.12. The minimum Gasteiger partial charge on any atom is -0.355 e.